The van der Waals surface area contributed by atoms with Gasteiger partial charge < -0.3 is 20.5 Å². The van der Waals surface area contributed by atoms with Crippen molar-refractivity contribution in [2.45, 2.75) is 25.2 Å². The molecule has 170 valence electrons. The van der Waals surface area contributed by atoms with Crippen molar-refractivity contribution in [2.24, 2.45) is 5.92 Å². The van der Waals surface area contributed by atoms with Crippen molar-refractivity contribution in [3.8, 4) is 29.3 Å². The maximum atomic E-state index is 9.96. The number of nitriles is 2. The second-order valence-electron chi connectivity index (χ2n) is 8.96. The number of pyridine rings is 1. The number of nitrogens with one attached hydrogen (secondary N) is 2. The van der Waals surface area contributed by atoms with Crippen molar-refractivity contribution in [1.29, 1.82) is 10.5 Å². The topological polar surface area (TPSA) is 140 Å². The number of aliphatic hydroxyl groups excluding tert-OH is 1. The van der Waals surface area contributed by atoms with Crippen LogP contribution in [0.2, 0.25) is 0 Å². The molecule has 2 aromatic heterocycles. The first-order chi connectivity index (χ1) is 16.5. The normalized spacial score (nSPS) is 18.4. The lowest BCUT2D eigenvalue weighted by molar-refractivity contribution is 0.219. The van der Waals surface area contributed by atoms with Gasteiger partial charge >= 0.3 is 0 Å². The van der Waals surface area contributed by atoms with Gasteiger partial charge in [-0.3, -0.25) is 0 Å². The Bertz CT molecular complexity index is 1340. The monoisotopic (exact) mass is 453 g/mol. The Morgan fingerprint density at radius 1 is 1.24 bits per heavy atom. The van der Waals surface area contributed by atoms with Crippen molar-refractivity contribution in [2.75, 3.05) is 30.4 Å². The van der Waals surface area contributed by atoms with E-state index in [0.717, 1.165) is 29.7 Å². The highest BCUT2D eigenvalue weighted by molar-refractivity contribution is 5.76. The van der Waals surface area contributed by atoms with E-state index in [-0.39, 0.29) is 6.61 Å². The van der Waals surface area contributed by atoms with Crippen molar-refractivity contribution in [3.05, 3.63) is 53.3 Å². The van der Waals surface area contributed by atoms with Crippen molar-refractivity contribution < 1.29 is 9.84 Å². The van der Waals surface area contributed by atoms with Crippen LogP contribution in [0.25, 0.3) is 11.3 Å². The van der Waals surface area contributed by atoms with E-state index in [0.29, 0.717) is 53.4 Å². The molecule has 1 fully saturated rings. The Kier molecular flexibility index (Phi) is 5.48. The van der Waals surface area contributed by atoms with Gasteiger partial charge in [0.1, 0.15) is 17.8 Å². The molecule has 9 nitrogen and oxygen atoms in total. The molecule has 0 saturated heterocycles. The minimum Gasteiger partial charge on any atom is -0.476 e. The minimum atomic E-state index is -0.484. The van der Waals surface area contributed by atoms with Crippen LogP contribution in [-0.2, 0) is 5.41 Å². The fraction of sp³-hybridized carbons (Fsp3) is 0.320. The number of aromatic nitrogens is 3. The molecule has 1 aliphatic carbocycles. The lowest BCUT2D eigenvalue weighted by Crippen LogP contribution is -2.28. The van der Waals surface area contributed by atoms with Crippen LogP contribution in [0.15, 0.2) is 36.7 Å². The van der Waals surface area contributed by atoms with Gasteiger partial charge in [0.2, 0.25) is 11.8 Å². The largest absolute Gasteiger partial charge is 0.476 e. The zero-order valence-corrected chi connectivity index (χ0v) is 18.7. The predicted octanol–water partition coefficient (Wildman–Crippen LogP) is 3.49. The molecule has 9 heteroatoms. The van der Waals surface area contributed by atoms with Crippen molar-refractivity contribution >= 4 is 17.3 Å². The molecule has 5 rings (SSSR count). The van der Waals surface area contributed by atoms with Crippen LogP contribution < -0.4 is 15.4 Å². The summed E-state index contributed by atoms with van der Waals surface area (Å²) >= 11 is 0. The number of hydrogen-bond donors (Lipinski definition) is 3. The number of fused-ring (bicyclic) bond motifs is 1. The Balaban J connectivity index is 1.48. The first kappa shape index (κ1) is 21.6. The molecule has 0 bridgehead atoms. The summed E-state index contributed by atoms with van der Waals surface area (Å²) in [4.78, 5) is 13.2. The van der Waals surface area contributed by atoms with Crippen LogP contribution in [0.5, 0.6) is 5.88 Å². The summed E-state index contributed by atoms with van der Waals surface area (Å²) in [5.41, 5.74) is 3.94. The maximum Gasteiger partial charge on any atom is 0.237 e. The Morgan fingerprint density at radius 2 is 2.09 bits per heavy atom. The van der Waals surface area contributed by atoms with Gasteiger partial charge in [-0.05, 0) is 48.6 Å². The number of nitrogens with zero attached hydrogens (tertiary/aromatic N) is 5. The van der Waals surface area contributed by atoms with Gasteiger partial charge in [-0.25, -0.2) is 15.0 Å². The molecule has 1 aromatic carbocycles. The van der Waals surface area contributed by atoms with Crippen LogP contribution in [0, 0.1) is 28.6 Å². The third-order valence-corrected chi connectivity index (χ3v) is 6.24. The minimum absolute atomic E-state index is 0.0379. The van der Waals surface area contributed by atoms with E-state index in [1.54, 1.807) is 24.4 Å². The number of benzene rings is 1. The average molecular weight is 454 g/mol. The third kappa shape index (κ3) is 4.09. The van der Waals surface area contributed by atoms with E-state index in [9.17, 15) is 15.6 Å². The van der Waals surface area contributed by atoms with Gasteiger partial charge in [0.15, 0.2) is 0 Å². The molecular weight excluding hydrogens is 430 g/mol. The number of rotatable bonds is 7. The van der Waals surface area contributed by atoms with Gasteiger partial charge in [0.25, 0.3) is 0 Å². The molecule has 2 aliphatic rings. The molecular formula is C25H23N7O2. The third-order valence-electron chi connectivity index (χ3n) is 6.24. The molecule has 3 heterocycles. The van der Waals surface area contributed by atoms with Gasteiger partial charge in [0.05, 0.1) is 35.7 Å². The van der Waals surface area contributed by atoms with Gasteiger partial charge in [-0.15, -0.1) is 0 Å². The van der Waals surface area contributed by atoms with Crippen LogP contribution in [-0.4, -0.2) is 39.8 Å². The average Bonchev–Trinajstić information content (AvgIpc) is 3.64. The van der Waals surface area contributed by atoms with Gasteiger partial charge in [0, 0.05) is 29.9 Å². The summed E-state index contributed by atoms with van der Waals surface area (Å²) in [6.07, 6.45) is 5.41. The summed E-state index contributed by atoms with van der Waals surface area (Å²) in [7, 11) is 0. The van der Waals surface area contributed by atoms with E-state index < -0.39 is 5.41 Å². The fourth-order valence-electron chi connectivity index (χ4n) is 3.96. The molecule has 0 spiro atoms. The van der Waals surface area contributed by atoms with Gasteiger partial charge in [-0.2, -0.15) is 10.5 Å². The molecule has 0 radical (unpaired) electrons. The summed E-state index contributed by atoms with van der Waals surface area (Å²) in [5.74, 6) is 1.26. The quantitative estimate of drug-likeness (QED) is 0.490. The molecule has 1 saturated carbocycles. The molecule has 1 aliphatic heterocycles. The molecule has 1 atom stereocenters. The molecule has 3 N–H and O–H groups in total. The summed E-state index contributed by atoms with van der Waals surface area (Å²) in [6.45, 7) is 3.06. The van der Waals surface area contributed by atoms with Crippen molar-refractivity contribution in [3.63, 3.8) is 0 Å². The standard InChI is InChI=1S/C25H23N7O2/c1-25(14-33)13-30-22-18(10-27)7-17(8-19(22)25)20-4-5-28-24(31-20)32-21-6-16(9-26)11-29-23(21)34-12-15-2-3-15/h4-8,11,15,30,33H,2-3,12-14H2,1H3,(H,28,31,32). The highest BCUT2D eigenvalue weighted by Gasteiger charge is 2.36. The van der Waals surface area contributed by atoms with Crippen LogP contribution in [0.1, 0.15) is 36.5 Å². The fourth-order valence-corrected chi connectivity index (χ4v) is 3.96. The first-order valence-corrected chi connectivity index (χ1v) is 11.1. The van der Waals surface area contributed by atoms with E-state index in [1.165, 1.54) is 6.20 Å². The van der Waals surface area contributed by atoms with E-state index in [1.807, 2.05) is 13.0 Å². The Labute approximate surface area is 197 Å². The van der Waals surface area contributed by atoms with Gasteiger partial charge in [-0.1, -0.05) is 6.92 Å². The zero-order valence-electron chi connectivity index (χ0n) is 18.7. The summed E-state index contributed by atoms with van der Waals surface area (Å²) in [6, 6.07) is 11.5. The maximum absolute atomic E-state index is 9.96. The lowest BCUT2D eigenvalue weighted by atomic mass is 9.83. The molecule has 0 amide bonds. The summed E-state index contributed by atoms with van der Waals surface area (Å²) in [5, 5.41) is 35.3. The molecule has 1 unspecified atom stereocenters. The Morgan fingerprint density at radius 3 is 2.82 bits per heavy atom. The summed E-state index contributed by atoms with van der Waals surface area (Å²) < 4.78 is 5.86. The lowest BCUT2D eigenvalue weighted by Gasteiger charge is -2.21. The van der Waals surface area contributed by atoms with Crippen LogP contribution in [0.3, 0.4) is 0 Å². The number of hydrogen-bond acceptors (Lipinski definition) is 9. The first-order valence-electron chi connectivity index (χ1n) is 11.1. The van der Waals surface area contributed by atoms with Crippen LogP contribution >= 0.6 is 0 Å². The van der Waals surface area contributed by atoms with Crippen molar-refractivity contribution in [1.82, 2.24) is 15.0 Å². The highest BCUT2D eigenvalue weighted by atomic mass is 16.5. The van der Waals surface area contributed by atoms with E-state index in [4.69, 9.17) is 4.74 Å². The smallest absolute Gasteiger partial charge is 0.237 e. The highest BCUT2D eigenvalue weighted by Crippen LogP contribution is 2.41. The number of ether oxygens (including phenoxy) is 1. The van der Waals surface area contributed by atoms with E-state index in [2.05, 4.69) is 37.7 Å². The SMILES string of the molecule is CC1(CO)CNc2c(C#N)cc(-c3ccnc(Nc4cc(C#N)cnc4OCC4CC4)n3)cc21. The van der Waals surface area contributed by atoms with E-state index >= 15 is 0 Å². The molecule has 3 aromatic rings. The number of aliphatic hydroxyl groups is 1. The predicted molar refractivity (Wildman–Crippen MR) is 126 cm³/mol. The van der Waals surface area contributed by atoms with Crippen LogP contribution in [0.4, 0.5) is 17.3 Å². The second kappa shape index (κ2) is 8.62. The number of anilines is 3. The Hall–Kier alpha value is -4.21. The second-order valence-corrected chi connectivity index (χ2v) is 8.96. The molecule has 34 heavy (non-hydrogen) atoms. The zero-order chi connectivity index (χ0) is 23.7.